The molecular weight excluding hydrogens is 192 g/mol. The van der Waals surface area contributed by atoms with Crippen LogP contribution in [0.4, 0.5) is 0 Å². The van der Waals surface area contributed by atoms with Crippen LogP contribution in [0.2, 0.25) is 0 Å². The van der Waals surface area contributed by atoms with Crippen LogP contribution in [0.1, 0.15) is 10.4 Å². The Morgan fingerprint density at radius 1 is 1.23 bits per heavy atom. The van der Waals surface area contributed by atoms with Crippen LogP contribution in [-0.2, 0) is 15.2 Å². The maximum Gasteiger partial charge on any atom is 0.257 e. The molecule has 0 aliphatic carbocycles. The maximum atomic E-state index is 11.2. The van der Waals surface area contributed by atoms with Crippen LogP contribution in [0.3, 0.4) is 0 Å². The molecule has 0 spiro atoms. The van der Waals surface area contributed by atoms with Gasteiger partial charge in [-0.3, -0.25) is 8.98 Å². The number of hydrogen-bond acceptors (Lipinski definition) is 4. The second kappa shape index (κ2) is 4.74. The lowest BCUT2D eigenvalue weighted by atomic mass is 10.1. The van der Waals surface area contributed by atoms with Gasteiger partial charge in [-0.25, -0.2) is 8.42 Å². The summed E-state index contributed by atoms with van der Waals surface area (Å²) in [6.07, 6.45) is 0. The molecule has 5 heteroatoms. The van der Waals surface area contributed by atoms with E-state index in [1.807, 2.05) is 0 Å². The quantitative estimate of drug-likeness (QED) is 0.565. The molecule has 0 N–H and O–H groups in total. The third-order valence-electron chi connectivity index (χ3n) is 1.40. The standard InChI is InChI=1S/C8H8O4S/c9-8(6-12-13(10)11)7-4-2-1-3-5-7/h1-5,13H,6H2. The fourth-order valence-electron chi connectivity index (χ4n) is 0.819. The number of carbonyl (C=O) groups excluding carboxylic acids is 1. The molecule has 0 aliphatic heterocycles. The highest BCUT2D eigenvalue weighted by Crippen LogP contribution is 1.99. The second-order valence-corrected chi connectivity index (χ2v) is 2.99. The van der Waals surface area contributed by atoms with Gasteiger partial charge in [-0.15, -0.1) is 0 Å². The van der Waals surface area contributed by atoms with E-state index in [1.54, 1.807) is 30.3 Å². The highest BCUT2D eigenvalue weighted by atomic mass is 32.2. The van der Waals surface area contributed by atoms with Gasteiger partial charge in [-0.1, -0.05) is 30.3 Å². The van der Waals surface area contributed by atoms with Gasteiger partial charge in [0.25, 0.3) is 11.0 Å². The molecule has 0 aliphatic rings. The van der Waals surface area contributed by atoms with Crippen molar-refractivity contribution in [3.8, 4) is 0 Å². The summed E-state index contributed by atoms with van der Waals surface area (Å²) in [4.78, 5) is 11.2. The summed E-state index contributed by atoms with van der Waals surface area (Å²) in [5.74, 6) is -0.347. The van der Waals surface area contributed by atoms with Crippen molar-refractivity contribution in [2.24, 2.45) is 0 Å². The van der Waals surface area contributed by atoms with Crippen molar-refractivity contribution in [1.29, 1.82) is 0 Å². The van der Waals surface area contributed by atoms with E-state index in [0.717, 1.165) is 0 Å². The van der Waals surface area contributed by atoms with Gasteiger partial charge in [0.05, 0.1) is 0 Å². The molecule has 0 atom stereocenters. The molecule has 1 aromatic rings. The summed E-state index contributed by atoms with van der Waals surface area (Å²) in [7, 11) is -2.94. The summed E-state index contributed by atoms with van der Waals surface area (Å²) in [5, 5.41) is 0. The Kier molecular flexibility index (Phi) is 3.60. The fraction of sp³-hybridized carbons (Fsp3) is 0.125. The number of rotatable bonds is 4. The zero-order chi connectivity index (χ0) is 9.68. The number of hydrogen-bond donors (Lipinski definition) is 1. The van der Waals surface area contributed by atoms with Crippen molar-refractivity contribution in [2.75, 3.05) is 6.61 Å². The van der Waals surface area contributed by atoms with E-state index in [2.05, 4.69) is 4.18 Å². The molecule has 0 bridgehead atoms. The third-order valence-corrected chi connectivity index (χ3v) is 1.74. The monoisotopic (exact) mass is 200 g/mol. The van der Waals surface area contributed by atoms with E-state index in [4.69, 9.17) is 0 Å². The fourth-order valence-corrected chi connectivity index (χ4v) is 1.04. The second-order valence-electron chi connectivity index (χ2n) is 2.29. The normalized spacial score (nSPS) is 10.2. The Morgan fingerprint density at radius 3 is 2.38 bits per heavy atom. The molecule has 0 amide bonds. The first-order valence-corrected chi connectivity index (χ1v) is 4.65. The molecule has 70 valence electrons. The summed E-state index contributed by atoms with van der Waals surface area (Å²) in [5.41, 5.74) is 0.444. The van der Waals surface area contributed by atoms with Crippen LogP contribution in [-0.4, -0.2) is 20.8 Å². The lowest BCUT2D eigenvalue weighted by Gasteiger charge is -1.96. The number of ketones is 1. The zero-order valence-electron chi connectivity index (χ0n) is 6.67. The number of Topliss-reactive ketones (excluding diaryl/α,β-unsaturated/α-hetero) is 1. The molecule has 1 aromatic carbocycles. The van der Waals surface area contributed by atoms with Crippen molar-refractivity contribution in [3.05, 3.63) is 35.9 Å². The average Bonchev–Trinajstić information content (AvgIpc) is 2.15. The molecule has 0 unspecified atom stereocenters. The van der Waals surface area contributed by atoms with E-state index in [0.29, 0.717) is 5.56 Å². The first kappa shape index (κ1) is 9.88. The van der Waals surface area contributed by atoms with Crippen LogP contribution in [0.5, 0.6) is 0 Å². The summed E-state index contributed by atoms with van der Waals surface area (Å²) in [6.45, 7) is -0.428. The van der Waals surface area contributed by atoms with Crippen LogP contribution >= 0.6 is 0 Å². The minimum absolute atomic E-state index is 0.347. The molecule has 0 aromatic heterocycles. The van der Waals surface area contributed by atoms with Gasteiger partial charge >= 0.3 is 0 Å². The predicted molar refractivity (Wildman–Crippen MR) is 47.0 cm³/mol. The van der Waals surface area contributed by atoms with Crippen LogP contribution in [0.15, 0.2) is 30.3 Å². The lowest BCUT2D eigenvalue weighted by Crippen LogP contribution is -2.07. The van der Waals surface area contributed by atoms with Gasteiger partial charge in [-0.05, 0) is 0 Å². The van der Waals surface area contributed by atoms with Crippen molar-refractivity contribution in [1.82, 2.24) is 0 Å². The van der Waals surface area contributed by atoms with Crippen molar-refractivity contribution in [3.63, 3.8) is 0 Å². The topological polar surface area (TPSA) is 60.4 Å². The largest absolute Gasteiger partial charge is 0.291 e. The molecular formula is C8H8O4S. The van der Waals surface area contributed by atoms with Crippen molar-refractivity contribution < 1.29 is 17.4 Å². The summed E-state index contributed by atoms with van der Waals surface area (Å²) < 4.78 is 24.2. The van der Waals surface area contributed by atoms with E-state index < -0.39 is 17.6 Å². The van der Waals surface area contributed by atoms with E-state index in [1.165, 1.54) is 0 Å². The molecule has 0 saturated carbocycles. The molecule has 0 fully saturated rings. The smallest absolute Gasteiger partial charge is 0.257 e. The van der Waals surface area contributed by atoms with Crippen molar-refractivity contribution in [2.45, 2.75) is 0 Å². The molecule has 1 rings (SSSR count). The first-order chi connectivity index (χ1) is 6.20. The Balaban J connectivity index is 2.59. The van der Waals surface area contributed by atoms with E-state index >= 15 is 0 Å². The van der Waals surface area contributed by atoms with E-state index in [-0.39, 0.29) is 5.78 Å². The first-order valence-electron chi connectivity index (χ1n) is 3.55. The predicted octanol–water partition coefficient (Wildman–Crippen LogP) is 0.412. The molecule has 0 saturated heterocycles. The van der Waals surface area contributed by atoms with Gasteiger partial charge < -0.3 is 0 Å². The molecule has 13 heavy (non-hydrogen) atoms. The third kappa shape index (κ3) is 3.35. The van der Waals surface area contributed by atoms with Crippen LogP contribution in [0.25, 0.3) is 0 Å². The highest BCUT2D eigenvalue weighted by Gasteiger charge is 2.04. The van der Waals surface area contributed by atoms with Gasteiger partial charge in [0.15, 0.2) is 5.78 Å². The molecule has 0 heterocycles. The Bertz CT molecular complexity index is 348. The lowest BCUT2D eigenvalue weighted by molar-refractivity contribution is 0.0928. The molecule has 0 radical (unpaired) electrons. The SMILES string of the molecule is O=C(CO[SH](=O)=O)c1ccccc1. The number of thiol groups is 1. The number of carbonyl (C=O) groups is 1. The summed E-state index contributed by atoms with van der Waals surface area (Å²) >= 11 is 0. The maximum absolute atomic E-state index is 11.2. The van der Waals surface area contributed by atoms with E-state index in [9.17, 15) is 13.2 Å². The van der Waals surface area contributed by atoms with Crippen LogP contribution < -0.4 is 0 Å². The van der Waals surface area contributed by atoms with Crippen molar-refractivity contribution >= 4 is 16.8 Å². The minimum atomic E-state index is -2.94. The van der Waals surface area contributed by atoms with Crippen LogP contribution in [0, 0.1) is 0 Å². The minimum Gasteiger partial charge on any atom is -0.291 e. The Hall–Kier alpha value is -1.20. The Labute approximate surface area is 77.3 Å². The van der Waals surface area contributed by atoms with Gasteiger partial charge in [0.1, 0.15) is 6.61 Å². The summed E-state index contributed by atoms with van der Waals surface area (Å²) in [6, 6.07) is 8.37. The molecule has 4 nitrogen and oxygen atoms in total. The number of benzene rings is 1. The van der Waals surface area contributed by atoms with Gasteiger partial charge in [0, 0.05) is 5.56 Å². The van der Waals surface area contributed by atoms with Gasteiger partial charge in [0.2, 0.25) is 0 Å². The zero-order valence-corrected chi connectivity index (χ0v) is 7.57. The Morgan fingerprint density at radius 2 is 1.85 bits per heavy atom. The highest BCUT2D eigenvalue weighted by molar-refractivity contribution is 7.67. The average molecular weight is 200 g/mol. The van der Waals surface area contributed by atoms with Gasteiger partial charge in [-0.2, -0.15) is 0 Å².